The van der Waals surface area contributed by atoms with E-state index in [0.717, 1.165) is 13.2 Å². The molecule has 0 aliphatic carbocycles. The van der Waals surface area contributed by atoms with Gasteiger partial charge in [0.25, 0.3) is 5.91 Å². The first kappa shape index (κ1) is 22.5. The number of aromatic nitrogens is 1. The molecule has 166 valence electrons. The molecule has 3 rings (SSSR count). The van der Waals surface area contributed by atoms with E-state index >= 15 is 0 Å². The van der Waals surface area contributed by atoms with Crippen LogP contribution < -0.4 is 16.0 Å². The Kier molecular flexibility index (Phi) is 5.92. The zero-order valence-electron chi connectivity index (χ0n) is 17.0. The van der Waals surface area contributed by atoms with Crippen molar-refractivity contribution in [2.75, 3.05) is 13.4 Å². The molecule has 0 unspecified atom stereocenters. The van der Waals surface area contributed by atoms with Crippen LogP contribution in [0.2, 0.25) is 0 Å². The maximum atomic E-state index is 14.4. The van der Waals surface area contributed by atoms with Crippen molar-refractivity contribution in [2.24, 2.45) is 0 Å². The van der Waals surface area contributed by atoms with Gasteiger partial charge in [0.15, 0.2) is 20.2 Å². The van der Waals surface area contributed by atoms with Crippen molar-refractivity contribution >= 4 is 26.8 Å². The number of hydrogen-bond acceptors (Lipinski definition) is 7. The number of carbonyl (C=O) groups is 1. The molecule has 0 bridgehead atoms. The van der Waals surface area contributed by atoms with Crippen LogP contribution in [0.15, 0.2) is 45.6 Å². The number of nitrogens with zero attached hydrogens (tertiary/aromatic N) is 1. The van der Waals surface area contributed by atoms with Gasteiger partial charge >= 0.3 is 5.76 Å². The number of hydroxylamine groups is 1. The maximum absolute atomic E-state index is 14.4. The first-order valence-corrected chi connectivity index (χ1v) is 11.0. The molecule has 0 aliphatic rings. The zero-order valence-corrected chi connectivity index (χ0v) is 17.8. The van der Waals surface area contributed by atoms with Crippen LogP contribution in [0.3, 0.4) is 0 Å². The molecule has 11 heteroatoms. The number of nitrogens with one attached hydrogen (secondary N) is 1. The summed E-state index contributed by atoms with van der Waals surface area (Å²) in [6.07, 6.45) is 0.579. The average molecular weight is 452 g/mol. The first-order chi connectivity index (χ1) is 14.5. The Morgan fingerprint density at radius 1 is 1.29 bits per heavy atom. The van der Waals surface area contributed by atoms with Gasteiger partial charge in [0.2, 0.25) is 0 Å². The molecule has 0 radical (unpaired) electrons. The van der Waals surface area contributed by atoms with Crippen LogP contribution in [0.25, 0.3) is 22.2 Å². The molecule has 31 heavy (non-hydrogen) atoms. The molecule has 1 heterocycles. The van der Waals surface area contributed by atoms with Crippen LogP contribution in [-0.2, 0) is 21.2 Å². The van der Waals surface area contributed by atoms with Crippen LogP contribution in [0.1, 0.15) is 13.3 Å². The van der Waals surface area contributed by atoms with E-state index in [2.05, 4.69) is 0 Å². The second-order valence-corrected chi connectivity index (χ2v) is 9.69. The summed E-state index contributed by atoms with van der Waals surface area (Å²) in [4.78, 5) is 24.3. The van der Waals surface area contributed by atoms with Gasteiger partial charge in [-0.1, -0.05) is 6.07 Å². The second kappa shape index (κ2) is 8.16. The number of methoxy groups -OCH3 is 1. The average Bonchev–Trinajstić information content (AvgIpc) is 3.04. The molecule has 2 N–H and O–H groups in total. The number of rotatable bonds is 7. The minimum Gasteiger partial charge on any atom is -0.497 e. The molecule has 0 fully saturated rings. The number of aryl methyl sites for hydroxylation is 1. The van der Waals surface area contributed by atoms with Gasteiger partial charge < -0.3 is 9.15 Å². The number of halogens is 1. The molecule has 3 aromatic rings. The van der Waals surface area contributed by atoms with Crippen LogP contribution in [0, 0.1) is 5.82 Å². The fourth-order valence-corrected chi connectivity index (χ4v) is 4.06. The van der Waals surface area contributed by atoms with E-state index in [9.17, 15) is 22.4 Å². The van der Waals surface area contributed by atoms with Crippen LogP contribution in [-0.4, -0.2) is 42.2 Å². The maximum Gasteiger partial charge on any atom is 0.419 e. The zero-order chi connectivity index (χ0) is 23.0. The minimum absolute atomic E-state index is 0.168. The number of amides is 1. The summed E-state index contributed by atoms with van der Waals surface area (Å²) >= 11 is 0. The number of benzene rings is 2. The molecular formula is C20H21FN2O7S. The Morgan fingerprint density at radius 3 is 2.58 bits per heavy atom. The van der Waals surface area contributed by atoms with Gasteiger partial charge in [0.1, 0.15) is 11.6 Å². The Bertz CT molecular complexity index is 1310. The lowest BCUT2D eigenvalue weighted by Gasteiger charge is -2.24. The predicted molar refractivity (Wildman–Crippen MR) is 110 cm³/mol. The third kappa shape index (κ3) is 4.06. The van der Waals surface area contributed by atoms with Crippen molar-refractivity contribution in [1.29, 1.82) is 0 Å². The van der Waals surface area contributed by atoms with E-state index in [-0.39, 0.29) is 24.1 Å². The van der Waals surface area contributed by atoms with Gasteiger partial charge in [-0.05, 0) is 43.2 Å². The lowest BCUT2D eigenvalue weighted by atomic mass is 10.0. The number of hydrogen-bond donors (Lipinski definition) is 2. The number of oxazole rings is 1. The Labute approximate surface area is 176 Å². The lowest BCUT2D eigenvalue weighted by molar-refractivity contribution is -0.131. The molecule has 1 atom stereocenters. The monoisotopic (exact) mass is 452 g/mol. The Balaban J connectivity index is 1.98. The van der Waals surface area contributed by atoms with Crippen LogP contribution >= 0.6 is 0 Å². The van der Waals surface area contributed by atoms with Gasteiger partial charge in [-0.2, -0.15) is 0 Å². The molecule has 1 amide bonds. The summed E-state index contributed by atoms with van der Waals surface area (Å²) < 4.78 is 48.1. The Hall–Kier alpha value is -3.18. The van der Waals surface area contributed by atoms with Gasteiger partial charge in [-0.15, -0.1) is 0 Å². The van der Waals surface area contributed by atoms with Gasteiger partial charge in [-0.25, -0.2) is 23.1 Å². The number of ether oxygens (including phenoxy) is 1. The molecule has 0 saturated carbocycles. The fourth-order valence-electron chi connectivity index (χ4n) is 3.21. The Morgan fingerprint density at radius 2 is 2.00 bits per heavy atom. The fraction of sp³-hybridized carbons (Fsp3) is 0.300. The van der Waals surface area contributed by atoms with Crippen molar-refractivity contribution in [3.8, 4) is 16.9 Å². The van der Waals surface area contributed by atoms with Crippen molar-refractivity contribution in [1.82, 2.24) is 10.0 Å². The van der Waals surface area contributed by atoms with Crippen molar-refractivity contribution < 1.29 is 32.0 Å². The van der Waals surface area contributed by atoms with E-state index in [1.54, 1.807) is 18.2 Å². The number of carbonyl (C=O) groups excluding carboxylic acids is 1. The van der Waals surface area contributed by atoms with Crippen LogP contribution in [0.4, 0.5) is 4.39 Å². The number of fused-ring (bicyclic) bond motifs is 1. The quantitative estimate of drug-likeness (QED) is 0.415. The van der Waals surface area contributed by atoms with Gasteiger partial charge in [0.05, 0.1) is 12.6 Å². The van der Waals surface area contributed by atoms with E-state index in [0.29, 0.717) is 16.8 Å². The van der Waals surface area contributed by atoms with Crippen molar-refractivity contribution in [3.63, 3.8) is 0 Å². The summed E-state index contributed by atoms with van der Waals surface area (Å²) in [5.41, 5.74) is 2.63. The third-order valence-electron chi connectivity index (χ3n) is 5.37. The minimum atomic E-state index is -3.92. The summed E-state index contributed by atoms with van der Waals surface area (Å²) in [5.74, 6) is -2.02. The normalized spacial score (nSPS) is 13.7. The van der Waals surface area contributed by atoms with Crippen molar-refractivity contribution in [3.05, 3.63) is 52.8 Å². The largest absolute Gasteiger partial charge is 0.497 e. The van der Waals surface area contributed by atoms with E-state index in [4.69, 9.17) is 14.4 Å². The summed E-state index contributed by atoms with van der Waals surface area (Å²) in [6.45, 7) is 0.991. The summed E-state index contributed by atoms with van der Waals surface area (Å²) in [5, 5.41) is 8.92. The number of sulfone groups is 1. The molecule has 9 nitrogen and oxygen atoms in total. The van der Waals surface area contributed by atoms with E-state index in [1.807, 2.05) is 0 Å². The SMILES string of the molecule is COc1ccc(-c2ccc3c(c2)oc(=O)n3CC[C@](C)(C(=O)NO)S(C)(=O)=O)c(F)c1. The van der Waals surface area contributed by atoms with Gasteiger partial charge in [-0.3, -0.25) is 14.6 Å². The summed E-state index contributed by atoms with van der Waals surface area (Å²) in [7, 11) is -2.49. The molecule has 0 aliphatic heterocycles. The van der Waals surface area contributed by atoms with Crippen molar-refractivity contribution in [2.45, 2.75) is 24.6 Å². The van der Waals surface area contributed by atoms with E-state index in [1.165, 1.54) is 35.4 Å². The predicted octanol–water partition coefficient (Wildman–Crippen LogP) is 2.11. The van der Waals surface area contributed by atoms with Crippen LogP contribution in [0.5, 0.6) is 5.75 Å². The lowest BCUT2D eigenvalue weighted by Crippen LogP contribution is -2.49. The highest BCUT2D eigenvalue weighted by atomic mass is 32.2. The first-order valence-electron chi connectivity index (χ1n) is 9.13. The standard InChI is InChI=1S/C20H21FN2O7S/c1-20(18(24)22-26,31(3,27)28)8-9-23-16-7-4-12(10-17(16)30-19(23)25)14-6-5-13(29-2)11-15(14)21/h4-7,10-11,26H,8-9H2,1-3H3,(H,22,24)/t20-/m1/s1. The van der Waals surface area contributed by atoms with Gasteiger partial charge in [0, 0.05) is 24.4 Å². The molecule has 1 aromatic heterocycles. The molecule has 0 spiro atoms. The highest BCUT2D eigenvalue weighted by Gasteiger charge is 2.43. The third-order valence-corrected chi connectivity index (χ3v) is 7.39. The molecule has 2 aromatic carbocycles. The molecule has 0 saturated heterocycles. The second-order valence-electron chi connectivity index (χ2n) is 7.24. The highest BCUT2D eigenvalue weighted by Crippen LogP contribution is 2.29. The summed E-state index contributed by atoms with van der Waals surface area (Å²) in [6, 6.07) is 9.00. The smallest absolute Gasteiger partial charge is 0.419 e. The van der Waals surface area contributed by atoms with E-state index < -0.39 is 32.1 Å². The molecular weight excluding hydrogens is 431 g/mol. The topological polar surface area (TPSA) is 128 Å². The highest BCUT2D eigenvalue weighted by molar-refractivity contribution is 7.92.